The summed E-state index contributed by atoms with van der Waals surface area (Å²) in [4.78, 5) is 4.74. The maximum Gasteiger partial charge on any atom is 0.126 e. The number of nitrogens with zero attached hydrogens (tertiary/aromatic N) is 2. The lowest BCUT2D eigenvalue weighted by molar-refractivity contribution is 0.586. The smallest absolute Gasteiger partial charge is 0.126 e. The minimum atomic E-state index is 0.327. The molecule has 1 unspecified atom stereocenters. The summed E-state index contributed by atoms with van der Waals surface area (Å²) in [5.41, 5.74) is 3.83. The highest BCUT2D eigenvalue weighted by Crippen LogP contribution is 2.39. The van der Waals surface area contributed by atoms with Gasteiger partial charge in [0, 0.05) is 11.6 Å². The third-order valence-electron chi connectivity index (χ3n) is 4.13. The van der Waals surface area contributed by atoms with E-state index < -0.39 is 0 Å². The number of hydrogen-bond donors (Lipinski definition) is 2. The molecule has 0 aromatic carbocycles. The second-order valence-corrected chi connectivity index (χ2v) is 5.62. The van der Waals surface area contributed by atoms with Gasteiger partial charge in [0.1, 0.15) is 5.82 Å². The Bertz CT molecular complexity index is 585. The molecule has 0 amide bonds. The Morgan fingerprint density at radius 1 is 1.21 bits per heavy atom. The van der Waals surface area contributed by atoms with E-state index in [1.165, 1.54) is 36.2 Å². The van der Waals surface area contributed by atoms with E-state index in [1.54, 1.807) is 0 Å². The van der Waals surface area contributed by atoms with Crippen LogP contribution in [0.25, 0.3) is 0 Å². The van der Waals surface area contributed by atoms with E-state index >= 15 is 0 Å². The molecular formula is C15H18N4. The Hall–Kier alpha value is -1.84. The molecule has 0 saturated heterocycles. The van der Waals surface area contributed by atoms with Crippen molar-refractivity contribution >= 4 is 5.82 Å². The van der Waals surface area contributed by atoms with Crippen LogP contribution in [0.1, 0.15) is 54.6 Å². The molecule has 0 radical (unpaired) electrons. The minimum Gasteiger partial charge on any atom is -0.362 e. The summed E-state index contributed by atoms with van der Waals surface area (Å²) in [6.07, 6.45) is 8.04. The summed E-state index contributed by atoms with van der Waals surface area (Å²) in [6, 6.07) is 6.65. The van der Waals surface area contributed by atoms with Gasteiger partial charge in [-0.3, -0.25) is 5.10 Å². The van der Waals surface area contributed by atoms with E-state index in [-0.39, 0.29) is 0 Å². The normalized spacial score (nSPS) is 22.0. The number of aryl methyl sites for hydroxylation is 1. The number of rotatable bonds is 3. The Kier molecular flexibility index (Phi) is 2.53. The first kappa shape index (κ1) is 11.0. The zero-order chi connectivity index (χ0) is 12.7. The van der Waals surface area contributed by atoms with Gasteiger partial charge in [0.2, 0.25) is 0 Å². The Balaban J connectivity index is 1.57. The molecule has 4 heteroatoms. The van der Waals surface area contributed by atoms with Crippen molar-refractivity contribution in [1.82, 2.24) is 15.2 Å². The van der Waals surface area contributed by atoms with Crippen LogP contribution in [-0.4, -0.2) is 15.2 Å². The Morgan fingerprint density at radius 3 is 3.05 bits per heavy atom. The average molecular weight is 254 g/mol. The van der Waals surface area contributed by atoms with Gasteiger partial charge in [-0.05, 0) is 49.8 Å². The molecule has 4 nitrogen and oxygen atoms in total. The molecule has 4 rings (SSSR count). The average Bonchev–Trinajstić information content (AvgIpc) is 3.17. The third-order valence-corrected chi connectivity index (χ3v) is 4.13. The molecule has 0 bridgehead atoms. The molecule has 0 spiro atoms. The zero-order valence-electron chi connectivity index (χ0n) is 10.9. The van der Waals surface area contributed by atoms with Crippen molar-refractivity contribution < 1.29 is 0 Å². The van der Waals surface area contributed by atoms with Gasteiger partial charge >= 0.3 is 0 Å². The summed E-state index contributed by atoms with van der Waals surface area (Å²) in [5.74, 6) is 1.70. The van der Waals surface area contributed by atoms with Gasteiger partial charge in [-0.15, -0.1) is 0 Å². The highest BCUT2D eigenvalue weighted by Gasteiger charge is 2.26. The number of aromatic nitrogens is 3. The summed E-state index contributed by atoms with van der Waals surface area (Å²) in [6.45, 7) is 0. The van der Waals surface area contributed by atoms with E-state index in [2.05, 4.69) is 33.7 Å². The van der Waals surface area contributed by atoms with Crippen molar-refractivity contribution in [1.29, 1.82) is 0 Å². The van der Waals surface area contributed by atoms with E-state index in [4.69, 9.17) is 4.98 Å². The minimum absolute atomic E-state index is 0.327. The third kappa shape index (κ3) is 2.11. The molecule has 98 valence electrons. The molecule has 1 atom stereocenters. The van der Waals surface area contributed by atoms with Gasteiger partial charge in [0.25, 0.3) is 0 Å². The van der Waals surface area contributed by atoms with Gasteiger partial charge in [-0.25, -0.2) is 4.98 Å². The first-order valence-corrected chi connectivity index (χ1v) is 7.16. The van der Waals surface area contributed by atoms with Crippen molar-refractivity contribution in [3.05, 3.63) is 41.3 Å². The van der Waals surface area contributed by atoms with Crippen LogP contribution in [0, 0.1) is 0 Å². The zero-order valence-corrected chi connectivity index (χ0v) is 10.9. The standard InChI is InChI=1S/C15H18N4/c1-3-11-9-16-19-15(11)13(5-1)18-14-6-2-4-12(17-14)10-7-8-10/h2,4,6,9-10,13H,1,3,5,7-8H2,(H,16,19)(H,17,18). The maximum absolute atomic E-state index is 4.74. The molecule has 2 heterocycles. The lowest BCUT2D eigenvalue weighted by Crippen LogP contribution is -2.17. The molecule has 2 aliphatic rings. The van der Waals surface area contributed by atoms with Crippen LogP contribution < -0.4 is 5.32 Å². The molecular weight excluding hydrogens is 236 g/mol. The van der Waals surface area contributed by atoms with Gasteiger partial charge in [-0.2, -0.15) is 5.10 Å². The van der Waals surface area contributed by atoms with Crippen LogP contribution in [-0.2, 0) is 6.42 Å². The largest absolute Gasteiger partial charge is 0.362 e. The number of H-pyrrole nitrogens is 1. The van der Waals surface area contributed by atoms with Crippen LogP contribution in [0.2, 0.25) is 0 Å². The predicted molar refractivity (Wildman–Crippen MR) is 74.1 cm³/mol. The second-order valence-electron chi connectivity index (χ2n) is 5.62. The highest BCUT2D eigenvalue weighted by atomic mass is 15.1. The maximum atomic E-state index is 4.74. The lowest BCUT2D eigenvalue weighted by atomic mass is 9.94. The molecule has 2 aliphatic carbocycles. The van der Waals surface area contributed by atoms with E-state index in [0.29, 0.717) is 12.0 Å². The molecule has 2 N–H and O–H groups in total. The summed E-state index contributed by atoms with van der Waals surface area (Å²) < 4.78 is 0. The molecule has 2 aromatic rings. The Morgan fingerprint density at radius 2 is 2.16 bits per heavy atom. The van der Waals surface area contributed by atoms with Crippen LogP contribution in [0.4, 0.5) is 5.82 Å². The van der Waals surface area contributed by atoms with Crippen molar-refractivity contribution in [2.45, 2.75) is 44.1 Å². The lowest BCUT2D eigenvalue weighted by Gasteiger charge is -2.23. The van der Waals surface area contributed by atoms with E-state index in [1.807, 2.05) is 6.20 Å². The van der Waals surface area contributed by atoms with E-state index in [0.717, 1.165) is 18.7 Å². The Labute approximate surface area is 112 Å². The highest BCUT2D eigenvalue weighted by molar-refractivity contribution is 5.41. The number of anilines is 1. The number of nitrogens with one attached hydrogen (secondary N) is 2. The quantitative estimate of drug-likeness (QED) is 0.884. The van der Waals surface area contributed by atoms with Crippen LogP contribution >= 0.6 is 0 Å². The number of pyridine rings is 1. The fraction of sp³-hybridized carbons (Fsp3) is 0.467. The van der Waals surface area contributed by atoms with E-state index in [9.17, 15) is 0 Å². The summed E-state index contributed by atoms with van der Waals surface area (Å²) in [5, 5.41) is 10.9. The number of aromatic amines is 1. The molecule has 2 aromatic heterocycles. The van der Waals surface area contributed by atoms with Crippen LogP contribution in [0.5, 0.6) is 0 Å². The first-order valence-electron chi connectivity index (χ1n) is 7.16. The van der Waals surface area contributed by atoms with Crippen molar-refractivity contribution in [2.75, 3.05) is 5.32 Å². The fourth-order valence-electron chi connectivity index (χ4n) is 2.92. The van der Waals surface area contributed by atoms with Gasteiger partial charge in [-0.1, -0.05) is 6.07 Å². The van der Waals surface area contributed by atoms with Gasteiger partial charge < -0.3 is 5.32 Å². The van der Waals surface area contributed by atoms with Crippen LogP contribution in [0.3, 0.4) is 0 Å². The van der Waals surface area contributed by atoms with Crippen molar-refractivity contribution in [3.63, 3.8) is 0 Å². The summed E-state index contributed by atoms with van der Waals surface area (Å²) >= 11 is 0. The van der Waals surface area contributed by atoms with Gasteiger partial charge in [0.15, 0.2) is 0 Å². The SMILES string of the molecule is c1cc(NC2CCCc3cn[nH]c32)nc(C2CC2)c1. The molecule has 0 aliphatic heterocycles. The second kappa shape index (κ2) is 4.37. The topological polar surface area (TPSA) is 53.6 Å². The predicted octanol–water partition coefficient (Wildman–Crippen LogP) is 3.17. The monoisotopic (exact) mass is 254 g/mol. The van der Waals surface area contributed by atoms with Gasteiger partial charge in [0.05, 0.1) is 17.9 Å². The number of hydrogen-bond acceptors (Lipinski definition) is 3. The molecule has 19 heavy (non-hydrogen) atoms. The fourth-order valence-corrected chi connectivity index (χ4v) is 2.92. The molecule has 1 fully saturated rings. The summed E-state index contributed by atoms with van der Waals surface area (Å²) in [7, 11) is 0. The molecule has 1 saturated carbocycles. The van der Waals surface area contributed by atoms with Crippen molar-refractivity contribution in [2.24, 2.45) is 0 Å². The number of fused-ring (bicyclic) bond motifs is 1. The van der Waals surface area contributed by atoms with Crippen LogP contribution in [0.15, 0.2) is 24.4 Å². The first-order chi connectivity index (χ1) is 9.40. The van der Waals surface area contributed by atoms with Crippen molar-refractivity contribution in [3.8, 4) is 0 Å².